The highest BCUT2D eigenvalue weighted by atomic mass is 32.1. The van der Waals surface area contributed by atoms with E-state index in [0.717, 1.165) is 5.56 Å². The molecule has 0 unspecified atom stereocenters. The molecule has 0 saturated heterocycles. The van der Waals surface area contributed by atoms with Gasteiger partial charge in [0.05, 0.1) is 16.3 Å². The molecular weight excluding hydrogens is 304 g/mol. The quantitative estimate of drug-likeness (QED) is 0.493. The van der Waals surface area contributed by atoms with Crippen molar-refractivity contribution >= 4 is 34.4 Å². The fraction of sp³-hybridized carbons (Fsp3) is 0.200. The highest BCUT2D eigenvalue weighted by molar-refractivity contribution is 7.12. The van der Waals surface area contributed by atoms with Gasteiger partial charge < -0.3 is 4.90 Å². The van der Waals surface area contributed by atoms with Crippen molar-refractivity contribution in [3.63, 3.8) is 0 Å². The molecule has 3 rings (SSSR count). The average Bonchev–Trinajstić information content (AvgIpc) is 3.04. The van der Waals surface area contributed by atoms with Crippen LogP contribution >= 0.6 is 11.3 Å². The molecular formula is C15H12N2O4S. The molecule has 7 heteroatoms. The number of fused-ring (bicyclic) bond motifs is 1. The number of nitro benzene ring substituents is 1. The minimum absolute atomic E-state index is 0.00219. The number of ketones is 1. The van der Waals surface area contributed by atoms with Crippen molar-refractivity contribution in [2.45, 2.75) is 12.8 Å². The standard InChI is InChI=1S/C15H12N2O4S/c18-13(14-2-1-7-22-14)9-16-12-5-4-11(17(20)21)8-10(12)3-6-15(16)19/h1-2,4-5,7-8H,3,6,9H2. The number of rotatable bonds is 4. The summed E-state index contributed by atoms with van der Waals surface area (Å²) in [6, 6.07) is 7.89. The Balaban J connectivity index is 1.91. The first-order valence-corrected chi connectivity index (χ1v) is 7.58. The van der Waals surface area contributed by atoms with Crippen molar-refractivity contribution < 1.29 is 14.5 Å². The molecule has 0 spiro atoms. The normalized spacial score (nSPS) is 13.8. The molecule has 0 fully saturated rings. The largest absolute Gasteiger partial charge is 0.304 e. The topological polar surface area (TPSA) is 80.5 Å². The Morgan fingerprint density at radius 2 is 2.14 bits per heavy atom. The second-order valence-corrected chi connectivity index (χ2v) is 5.90. The molecule has 0 aliphatic carbocycles. The van der Waals surface area contributed by atoms with Crippen LogP contribution in [0.5, 0.6) is 0 Å². The highest BCUT2D eigenvalue weighted by Gasteiger charge is 2.27. The second kappa shape index (κ2) is 5.69. The molecule has 0 atom stereocenters. The van der Waals surface area contributed by atoms with Crippen molar-refractivity contribution in [2.75, 3.05) is 11.4 Å². The lowest BCUT2D eigenvalue weighted by Gasteiger charge is -2.28. The van der Waals surface area contributed by atoms with Crippen molar-refractivity contribution in [2.24, 2.45) is 0 Å². The number of nitrogens with zero attached hydrogens (tertiary/aromatic N) is 2. The van der Waals surface area contributed by atoms with Crippen molar-refractivity contribution in [3.8, 4) is 0 Å². The summed E-state index contributed by atoms with van der Waals surface area (Å²) in [5, 5.41) is 12.6. The zero-order valence-electron chi connectivity index (χ0n) is 11.5. The molecule has 2 aromatic rings. The fourth-order valence-electron chi connectivity index (χ4n) is 2.49. The summed E-state index contributed by atoms with van der Waals surface area (Å²) >= 11 is 1.33. The summed E-state index contributed by atoms with van der Waals surface area (Å²) in [6.07, 6.45) is 0.714. The van der Waals surface area contributed by atoms with Gasteiger partial charge in [-0.2, -0.15) is 0 Å². The summed E-state index contributed by atoms with van der Waals surface area (Å²) in [7, 11) is 0. The molecule has 1 aliphatic rings. The minimum atomic E-state index is -0.460. The Hall–Kier alpha value is -2.54. The smallest absolute Gasteiger partial charge is 0.269 e. The predicted molar refractivity (Wildman–Crippen MR) is 82.4 cm³/mol. The summed E-state index contributed by atoms with van der Waals surface area (Å²) in [4.78, 5) is 36.7. The van der Waals surface area contributed by atoms with Crippen LogP contribution in [-0.2, 0) is 11.2 Å². The molecule has 0 N–H and O–H groups in total. The average molecular weight is 316 g/mol. The maximum absolute atomic E-state index is 12.2. The van der Waals surface area contributed by atoms with Gasteiger partial charge in [0.15, 0.2) is 5.78 Å². The van der Waals surface area contributed by atoms with Crippen LogP contribution in [0.1, 0.15) is 21.7 Å². The lowest BCUT2D eigenvalue weighted by Crippen LogP contribution is -2.38. The molecule has 112 valence electrons. The highest BCUT2D eigenvalue weighted by Crippen LogP contribution is 2.31. The van der Waals surface area contributed by atoms with E-state index in [4.69, 9.17) is 0 Å². The molecule has 0 saturated carbocycles. The van der Waals surface area contributed by atoms with Gasteiger partial charge >= 0.3 is 0 Å². The van der Waals surface area contributed by atoms with Gasteiger partial charge in [0.2, 0.25) is 5.91 Å². The number of non-ortho nitro benzene ring substituents is 1. The van der Waals surface area contributed by atoms with Gasteiger partial charge in [-0.3, -0.25) is 19.7 Å². The van der Waals surface area contributed by atoms with Crippen LogP contribution in [0.2, 0.25) is 0 Å². The number of nitro groups is 1. The second-order valence-electron chi connectivity index (χ2n) is 4.95. The van der Waals surface area contributed by atoms with Crippen LogP contribution in [0.4, 0.5) is 11.4 Å². The van der Waals surface area contributed by atoms with Gasteiger partial charge in [0.1, 0.15) is 0 Å². The first kappa shape index (κ1) is 14.4. The number of hydrogen-bond donors (Lipinski definition) is 0. The fourth-order valence-corrected chi connectivity index (χ4v) is 3.15. The Labute approximate surface area is 130 Å². The number of amides is 1. The van der Waals surface area contributed by atoms with Gasteiger partial charge in [0.25, 0.3) is 5.69 Å². The number of Topliss-reactive ketones (excluding diaryl/α,β-unsaturated/α-hetero) is 1. The van der Waals surface area contributed by atoms with E-state index < -0.39 is 4.92 Å². The molecule has 0 bridgehead atoms. The zero-order valence-corrected chi connectivity index (χ0v) is 12.3. The van der Waals surface area contributed by atoms with E-state index in [9.17, 15) is 19.7 Å². The third-order valence-electron chi connectivity index (χ3n) is 3.57. The minimum Gasteiger partial charge on any atom is -0.304 e. The third-order valence-corrected chi connectivity index (χ3v) is 4.48. The van der Waals surface area contributed by atoms with Crippen LogP contribution in [0.3, 0.4) is 0 Å². The van der Waals surface area contributed by atoms with Crippen LogP contribution in [0.15, 0.2) is 35.7 Å². The number of hydrogen-bond acceptors (Lipinski definition) is 5. The molecule has 1 amide bonds. The molecule has 2 heterocycles. The maximum Gasteiger partial charge on any atom is 0.269 e. The van der Waals surface area contributed by atoms with Crippen molar-refractivity contribution in [1.82, 2.24) is 0 Å². The number of carbonyl (C=O) groups is 2. The summed E-state index contributed by atoms with van der Waals surface area (Å²) in [5.74, 6) is -0.263. The third kappa shape index (κ3) is 2.62. The predicted octanol–water partition coefficient (Wildman–Crippen LogP) is 2.82. The Morgan fingerprint density at radius 3 is 2.82 bits per heavy atom. The van der Waals surface area contributed by atoms with Crippen LogP contribution in [-0.4, -0.2) is 23.2 Å². The lowest BCUT2D eigenvalue weighted by atomic mass is 10.00. The van der Waals surface area contributed by atoms with Crippen LogP contribution < -0.4 is 4.90 Å². The number of anilines is 1. The molecule has 1 aromatic heterocycles. The molecule has 0 radical (unpaired) electrons. The van der Waals surface area contributed by atoms with E-state index in [2.05, 4.69) is 0 Å². The van der Waals surface area contributed by atoms with Gasteiger partial charge in [-0.05, 0) is 29.5 Å². The Morgan fingerprint density at radius 1 is 1.32 bits per heavy atom. The van der Waals surface area contributed by atoms with Gasteiger partial charge in [-0.1, -0.05) is 6.07 Å². The summed E-state index contributed by atoms with van der Waals surface area (Å²) in [6.45, 7) is -0.0375. The maximum atomic E-state index is 12.2. The summed E-state index contributed by atoms with van der Waals surface area (Å²) in [5.41, 5.74) is 1.32. The van der Waals surface area contributed by atoms with Crippen molar-refractivity contribution in [3.05, 3.63) is 56.3 Å². The van der Waals surface area contributed by atoms with E-state index in [1.165, 1.54) is 28.4 Å². The van der Waals surface area contributed by atoms with E-state index in [0.29, 0.717) is 17.0 Å². The van der Waals surface area contributed by atoms with Gasteiger partial charge in [0, 0.05) is 24.2 Å². The molecule has 6 nitrogen and oxygen atoms in total. The SMILES string of the molecule is O=C(CN1C(=O)CCc2cc([N+](=O)[O-])ccc21)c1cccs1. The monoisotopic (exact) mass is 316 g/mol. The van der Waals surface area contributed by atoms with Gasteiger partial charge in [-0.25, -0.2) is 0 Å². The number of thiophene rings is 1. The number of benzene rings is 1. The van der Waals surface area contributed by atoms with Crippen LogP contribution in [0, 0.1) is 10.1 Å². The zero-order chi connectivity index (χ0) is 15.7. The Bertz CT molecular complexity index is 755. The number of carbonyl (C=O) groups excluding carboxylic acids is 2. The molecule has 1 aromatic carbocycles. The first-order chi connectivity index (χ1) is 10.6. The van der Waals surface area contributed by atoms with Crippen LogP contribution in [0.25, 0.3) is 0 Å². The van der Waals surface area contributed by atoms with E-state index in [-0.39, 0.29) is 30.3 Å². The van der Waals surface area contributed by atoms with Gasteiger partial charge in [-0.15, -0.1) is 11.3 Å². The first-order valence-electron chi connectivity index (χ1n) is 6.70. The van der Waals surface area contributed by atoms with E-state index in [1.54, 1.807) is 18.2 Å². The summed E-state index contributed by atoms with van der Waals surface area (Å²) < 4.78 is 0. The molecule has 22 heavy (non-hydrogen) atoms. The molecule has 1 aliphatic heterocycles. The number of aryl methyl sites for hydroxylation is 1. The van der Waals surface area contributed by atoms with E-state index >= 15 is 0 Å². The lowest BCUT2D eigenvalue weighted by molar-refractivity contribution is -0.384. The van der Waals surface area contributed by atoms with Crippen molar-refractivity contribution in [1.29, 1.82) is 0 Å². The Kier molecular flexibility index (Phi) is 3.72. The van der Waals surface area contributed by atoms with E-state index in [1.807, 2.05) is 5.38 Å².